The third-order valence-electron chi connectivity index (χ3n) is 3.37. The lowest BCUT2D eigenvalue weighted by Crippen LogP contribution is -2.06. The molecule has 0 aliphatic carbocycles. The summed E-state index contributed by atoms with van der Waals surface area (Å²) in [5.41, 5.74) is 2.65. The molecule has 20 heavy (non-hydrogen) atoms. The van der Waals surface area contributed by atoms with Crippen LogP contribution in [0.3, 0.4) is 0 Å². The summed E-state index contributed by atoms with van der Waals surface area (Å²) in [6.45, 7) is 2.19. The van der Waals surface area contributed by atoms with Crippen LogP contribution < -0.4 is 5.56 Å². The summed E-state index contributed by atoms with van der Waals surface area (Å²) in [6, 6.07) is 8.23. The molecular weight excluding hydrogens is 252 g/mol. The number of H-pyrrole nitrogens is 1. The summed E-state index contributed by atoms with van der Waals surface area (Å²) in [5, 5.41) is 4.75. The van der Waals surface area contributed by atoms with Crippen molar-refractivity contribution in [2.75, 3.05) is 0 Å². The molecule has 0 radical (unpaired) electrons. The van der Waals surface area contributed by atoms with E-state index in [1.807, 2.05) is 12.1 Å². The highest BCUT2D eigenvalue weighted by atomic mass is 16.1. The van der Waals surface area contributed by atoms with Crippen LogP contribution in [0, 0.1) is 0 Å². The van der Waals surface area contributed by atoms with Crippen molar-refractivity contribution in [3.8, 4) is 5.69 Å². The van der Waals surface area contributed by atoms with Gasteiger partial charge in [-0.25, -0.2) is 9.67 Å². The first-order chi connectivity index (χ1) is 9.79. The van der Waals surface area contributed by atoms with Crippen LogP contribution >= 0.6 is 0 Å². The molecular formula is C15H16N4O. The Morgan fingerprint density at radius 2 is 2.05 bits per heavy atom. The third-order valence-corrected chi connectivity index (χ3v) is 3.37. The van der Waals surface area contributed by atoms with Gasteiger partial charge in [0.1, 0.15) is 5.39 Å². The zero-order chi connectivity index (χ0) is 13.9. The van der Waals surface area contributed by atoms with E-state index in [9.17, 15) is 4.79 Å². The Labute approximate surface area is 116 Å². The van der Waals surface area contributed by atoms with Gasteiger partial charge in [0.25, 0.3) is 5.56 Å². The number of fused-ring (bicyclic) bond motifs is 1. The summed E-state index contributed by atoms with van der Waals surface area (Å²) < 4.78 is 1.69. The molecule has 0 bridgehead atoms. The van der Waals surface area contributed by atoms with Gasteiger partial charge in [0.2, 0.25) is 0 Å². The minimum atomic E-state index is -0.166. The maximum Gasteiger partial charge on any atom is 0.261 e. The van der Waals surface area contributed by atoms with Crippen LogP contribution in [-0.2, 0) is 6.42 Å². The monoisotopic (exact) mass is 268 g/mol. The Bertz CT molecular complexity index is 770. The molecule has 0 spiro atoms. The largest absolute Gasteiger partial charge is 0.312 e. The zero-order valence-electron chi connectivity index (χ0n) is 11.3. The normalized spacial score (nSPS) is 11.1. The molecule has 0 fully saturated rings. The van der Waals surface area contributed by atoms with E-state index < -0.39 is 0 Å². The summed E-state index contributed by atoms with van der Waals surface area (Å²) in [5.74, 6) is 0. The molecule has 1 aromatic carbocycles. The molecule has 0 saturated heterocycles. The van der Waals surface area contributed by atoms with Gasteiger partial charge >= 0.3 is 0 Å². The number of unbranched alkanes of at least 4 members (excludes halogenated alkanes) is 1. The van der Waals surface area contributed by atoms with E-state index in [1.165, 1.54) is 24.7 Å². The van der Waals surface area contributed by atoms with E-state index in [0.29, 0.717) is 11.0 Å². The van der Waals surface area contributed by atoms with Crippen molar-refractivity contribution in [1.29, 1.82) is 0 Å². The van der Waals surface area contributed by atoms with Crippen molar-refractivity contribution in [3.05, 3.63) is 52.7 Å². The second-order valence-electron chi connectivity index (χ2n) is 4.80. The van der Waals surface area contributed by atoms with E-state index in [4.69, 9.17) is 0 Å². The highest BCUT2D eigenvalue weighted by Crippen LogP contribution is 2.15. The van der Waals surface area contributed by atoms with Gasteiger partial charge in [-0.3, -0.25) is 4.79 Å². The summed E-state index contributed by atoms with van der Waals surface area (Å²) in [6.07, 6.45) is 6.43. The molecule has 0 aliphatic rings. The van der Waals surface area contributed by atoms with Crippen LogP contribution in [0.1, 0.15) is 25.3 Å². The van der Waals surface area contributed by atoms with Gasteiger partial charge in [0.15, 0.2) is 5.65 Å². The van der Waals surface area contributed by atoms with Crippen LogP contribution in [0.2, 0.25) is 0 Å². The Morgan fingerprint density at radius 3 is 2.80 bits per heavy atom. The lowest BCUT2D eigenvalue weighted by atomic mass is 10.1. The molecule has 2 aromatic heterocycles. The van der Waals surface area contributed by atoms with Crippen LogP contribution in [0.15, 0.2) is 41.6 Å². The highest BCUT2D eigenvalue weighted by molar-refractivity contribution is 5.74. The number of nitrogens with zero attached hydrogens (tertiary/aromatic N) is 3. The number of hydrogen-bond donors (Lipinski definition) is 1. The standard InChI is InChI=1S/C15H16N4O/c1-2-3-4-11-5-7-12(8-6-11)19-14-13(9-18-19)15(20)17-10-16-14/h5-10H,2-4H2,1H3,(H,16,17,20). The smallest absolute Gasteiger partial charge is 0.261 e. The number of aromatic nitrogens is 4. The zero-order valence-corrected chi connectivity index (χ0v) is 11.3. The second-order valence-corrected chi connectivity index (χ2v) is 4.80. The van der Waals surface area contributed by atoms with E-state index >= 15 is 0 Å². The number of aryl methyl sites for hydroxylation is 1. The maximum atomic E-state index is 11.6. The molecule has 0 saturated carbocycles. The fourth-order valence-electron chi connectivity index (χ4n) is 2.23. The molecule has 2 heterocycles. The molecule has 3 rings (SSSR count). The van der Waals surface area contributed by atoms with Crippen molar-refractivity contribution in [2.24, 2.45) is 0 Å². The number of hydrogen-bond acceptors (Lipinski definition) is 3. The van der Waals surface area contributed by atoms with Gasteiger partial charge in [-0.1, -0.05) is 25.5 Å². The Kier molecular flexibility index (Phi) is 3.33. The number of nitrogens with one attached hydrogen (secondary N) is 1. The minimum absolute atomic E-state index is 0.166. The van der Waals surface area contributed by atoms with Gasteiger partial charge in [0, 0.05) is 0 Å². The Hall–Kier alpha value is -2.43. The van der Waals surface area contributed by atoms with Crippen LogP contribution in [0.25, 0.3) is 16.7 Å². The van der Waals surface area contributed by atoms with Gasteiger partial charge < -0.3 is 4.98 Å². The van der Waals surface area contributed by atoms with Gasteiger partial charge in [0.05, 0.1) is 18.2 Å². The molecule has 0 unspecified atom stereocenters. The lowest BCUT2D eigenvalue weighted by molar-refractivity contribution is 0.794. The predicted molar refractivity (Wildman–Crippen MR) is 78.1 cm³/mol. The fourth-order valence-corrected chi connectivity index (χ4v) is 2.23. The number of aromatic amines is 1. The molecule has 1 N–H and O–H groups in total. The predicted octanol–water partition coefficient (Wildman–Crippen LogP) is 2.45. The van der Waals surface area contributed by atoms with E-state index in [1.54, 1.807) is 10.9 Å². The van der Waals surface area contributed by atoms with Crippen LogP contribution in [0.5, 0.6) is 0 Å². The first kappa shape index (κ1) is 12.6. The number of benzene rings is 1. The van der Waals surface area contributed by atoms with Gasteiger partial charge in [-0.15, -0.1) is 0 Å². The molecule has 3 aromatic rings. The third kappa shape index (κ3) is 2.22. The quantitative estimate of drug-likeness (QED) is 0.790. The van der Waals surface area contributed by atoms with E-state index in [0.717, 1.165) is 12.1 Å². The van der Waals surface area contributed by atoms with Gasteiger partial charge in [-0.05, 0) is 30.5 Å². The number of rotatable bonds is 4. The SMILES string of the molecule is CCCCc1ccc(-n2ncc3c(=O)[nH]cnc32)cc1. The maximum absolute atomic E-state index is 11.6. The lowest BCUT2D eigenvalue weighted by Gasteiger charge is -2.04. The minimum Gasteiger partial charge on any atom is -0.312 e. The molecule has 0 aliphatic heterocycles. The van der Waals surface area contributed by atoms with Crippen molar-refractivity contribution in [2.45, 2.75) is 26.2 Å². The van der Waals surface area contributed by atoms with Crippen molar-refractivity contribution in [3.63, 3.8) is 0 Å². The highest BCUT2D eigenvalue weighted by Gasteiger charge is 2.08. The van der Waals surface area contributed by atoms with Gasteiger partial charge in [-0.2, -0.15) is 5.10 Å². The average Bonchev–Trinajstić information content (AvgIpc) is 2.91. The van der Waals surface area contributed by atoms with Crippen LogP contribution in [-0.4, -0.2) is 19.7 Å². The fraction of sp³-hybridized carbons (Fsp3) is 0.267. The van der Waals surface area contributed by atoms with E-state index in [2.05, 4.69) is 34.1 Å². The first-order valence-electron chi connectivity index (χ1n) is 6.80. The summed E-state index contributed by atoms with van der Waals surface area (Å²) in [4.78, 5) is 18.4. The van der Waals surface area contributed by atoms with E-state index in [-0.39, 0.29) is 5.56 Å². The first-order valence-corrected chi connectivity index (χ1v) is 6.80. The molecule has 0 atom stereocenters. The summed E-state index contributed by atoms with van der Waals surface area (Å²) >= 11 is 0. The van der Waals surface area contributed by atoms with Crippen LogP contribution in [0.4, 0.5) is 0 Å². The second kappa shape index (κ2) is 5.28. The van der Waals surface area contributed by atoms with Crippen molar-refractivity contribution >= 4 is 11.0 Å². The molecule has 0 amide bonds. The Balaban J connectivity index is 1.99. The van der Waals surface area contributed by atoms with Crippen molar-refractivity contribution in [1.82, 2.24) is 19.7 Å². The molecule has 5 nitrogen and oxygen atoms in total. The average molecular weight is 268 g/mol. The molecule has 102 valence electrons. The topological polar surface area (TPSA) is 63.6 Å². The van der Waals surface area contributed by atoms with Crippen molar-refractivity contribution < 1.29 is 0 Å². The molecule has 5 heteroatoms. The Morgan fingerprint density at radius 1 is 1.25 bits per heavy atom. The summed E-state index contributed by atoms with van der Waals surface area (Å²) in [7, 11) is 0.